The smallest absolute Gasteiger partial charge is 0.243 e. The van der Waals surface area contributed by atoms with Crippen LogP contribution in [0.1, 0.15) is 36.3 Å². The summed E-state index contributed by atoms with van der Waals surface area (Å²) in [7, 11) is -3.67. The van der Waals surface area contributed by atoms with Crippen LogP contribution in [0.4, 0.5) is 4.39 Å². The first-order chi connectivity index (χ1) is 13.3. The van der Waals surface area contributed by atoms with Gasteiger partial charge in [-0.2, -0.15) is 4.31 Å². The third kappa shape index (κ3) is 3.60. The molecule has 2 fully saturated rings. The van der Waals surface area contributed by atoms with Crippen molar-refractivity contribution in [1.29, 1.82) is 0 Å². The molecule has 3 heterocycles. The third-order valence-electron chi connectivity index (χ3n) is 6.14. The fourth-order valence-corrected chi connectivity index (χ4v) is 6.19. The maximum atomic E-state index is 13.5. The molecule has 4 rings (SSSR count). The van der Waals surface area contributed by atoms with Crippen LogP contribution in [0.3, 0.4) is 0 Å². The highest BCUT2D eigenvalue weighted by atomic mass is 32.2. The van der Waals surface area contributed by atoms with Gasteiger partial charge in [0.05, 0.1) is 10.6 Å². The molecule has 2 saturated heterocycles. The number of piperidine rings is 1. The monoisotopic (exact) mass is 407 g/mol. The molecule has 0 N–H and O–H groups in total. The highest BCUT2D eigenvalue weighted by Gasteiger charge is 2.45. The number of rotatable bonds is 4. The maximum Gasteiger partial charge on any atom is 0.243 e. The van der Waals surface area contributed by atoms with Gasteiger partial charge in [0.1, 0.15) is 11.6 Å². The van der Waals surface area contributed by atoms with E-state index in [0.717, 1.165) is 62.0 Å². The fraction of sp³-hybridized carbons (Fsp3) is 0.550. The molecule has 0 aliphatic carbocycles. The summed E-state index contributed by atoms with van der Waals surface area (Å²) in [6.45, 7) is 7.47. The number of benzene rings is 1. The molecular formula is C20H26FN3O3S. The first kappa shape index (κ1) is 19.5. The highest BCUT2D eigenvalue weighted by Crippen LogP contribution is 2.41. The zero-order chi connectivity index (χ0) is 19.9. The summed E-state index contributed by atoms with van der Waals surface area (Å²) in [6, 6.07) is 5.28. The van der Waals surface area contributed by atoms with E-state index in [2.05, 4.69) is 10.1 Å². The van der Waals surface area contributed by atoms with Crippen molar-refractivity contribution in [3.8, 4) is 0 Å². The van der Waals surface area contributed by atoms with Gasteiger partial charge in [-0.3, -0.25) is 4.90 Å². The van der Waals surface area contributed by atoms with Crippen molar-refractivity contribution in [3.05, 3.63) is 47.1 Å². The molecule has 152 valence electrons. The lowest BCUT2D eigenvalue weighted by Crippen LogP contribution is -2.45. The van der Waals surface area contributed by atoms with E-state index in [9.17, 15) is 12.8 Å². The number of halogens is 1. The Morgan fingerprint density at radius 3 is 2.75 bits per heavy atom. The molecule has 1 aromatic heterocycles. The number of likely N-dealkylation sites (tertiary alicyclic amines) is 1. The summed E-state index contributed by atoms with van der Waals surface area (Å²) in [5, 5.41) is 4.04. The van der Waals surface area contributed by atoms with Crippen molar-refractivity contribution in [1.82, 2.24) is 14.4 Å². The lowest BCUT2D eigenvalue weighted by Gasteiger charge is -2.40. The van der Waals surface area contributed by atoms with Crippen molar-refractivity contribution in [3.63, 3.8) is 0 Å². The zero-order valence-corrected chi connectivity index (χ0v) is 17.1. The van der Waals surface area contributed by atoms with Gasteiger partial charge in [-0.15, -0.1) is 0 Å². The van der Waals surface area contributed by atoms with Crippen LogP contribution in [0.2, 0.25) is 0 Å². The Bertz CT molecular complexity index is 955. The Balaban J connectivity index is 1.49. The third-order valence-corrected chi connectivity index (χ3v) is 7.98. The topological polar surface area (TPSA) is 66.7 Å². The molecule has 0 radical (unpaired) electrons. The second kappa shape index (κ2) is 7.24. The first-order valence-corrected chi connectivity index (χ1v) is 11.1. The Labute approximate surface area is 165 Å². The van der Waals surface area contributed by atoms with Gasteiger partial charge >= 0.3 is 0 Å². The second-order valence-electron chi connectivity index (χ2n) is 8.16. The lowest BCUT2D eigenvalue weighted by atomic mass is 9.79. The summed E-state index contributed by atoms with van der Waals surface area (Å²) in [5.41, 5.74) is 2.00. The van der Waals surface area contributed by atoms with Crippen LogP contribution in [0.5, 0.6) is 0 Å². The number of aromatic nitrogens is 1. The van der Waals surface area contributed by atoms with E-state index in [1.54, 1.807) is 0 Å². The molecule has 8 heteroatoms. The molecule has 0 saturated carbocycles. The van der Waals surface area contributed by atoms with Gasteiger partial charge in [-0.1, -0.05) is 11.2 Å². The number of nitrogens with zero attached hydrogens (tertiary/aromatic N) is 3. The molecule has 2 aliphatic heterocycles. The van der Waals surface area contributed by atoms with Gasteiger partial charge in [0.15, 0.2) is 0 Å². The van der Waals surface area contributed by atoms with Crippen molar-refractivity contribution in [2.45, 2.75) is 44.6 Å². The molecule has 2 aliphatic rings. The van der Waals surface area contributed by atoms with Gasteiger partial charge < -0.3 is 4.52 Å². The molecule has 28 heavy (non-hydrogen) atoms. The van der Waals surface area contributed by atoms with Crippen LogP contribution >= 0.6 is 0 Å². The van der Waals surface area contributed by atoms with E-state index < -0.39 is 15.8 Å². The van der Waals surface area contributed by atoms with Crippen LogP contribution in [0.25, 0.3) is 0 Å². The van der Waals surface area contributed by atoms with Crippen LogP contribution in [-0.2, 0) is 16.6 Å². The van der Waals surface area contributed by atoms with Crippen LogP contribution in [0, 0.1) is 25.1 Å². The van der Waals surface area contributed by atoms with E-state index in [0.29, 0.717) is 13.1 Å². The van der Waals surface area contributed by atoms with Crippen LogP contribution < -0.4 is 0 Å². The minimum atomic E-state index is -3.67. The molecule has 6 nitrogen and oxygen atoms in total. The normalized spacial score (nSPS) is 24.2. The molecule has 1 atom stereocenters. The van der Waals surface area contributed by atoms with Crippen molar-refractivity contribution in [2.24, 2.45) is 5.41 Å². The predicted octanol–water partition coefficient (Wildman–Crippen LogP) is 3.11. The lowest BCUT2D eigenvalue weighted by molar-refractivity contribution is 0.0930. The molecule has 0 amide bonds. The standard InChI is InChI=1S/C20H26FN3O3S/c1-15-19(16(2)27-22-15)12-23-9-4-7-20(13-23)8-10-24(14-20)28(25,26)18-6-3-5-17(21)11-18/h3,5-6,11H,4,7-10,12-14H2,1-2H3. The number of sulfonamides is 1. The van der Waals surface area contributed by atoms with Crippen molar-refractivity contribution >= 4 is 10.0 Å². The van der Waals surface area contributed by atoms with Gasteiger partial charge in [0, 0.05) is 31.7 Å². The van der Waals surface area contributed by atoms with Crippen LogP contribution in [-0.4, -0.2) is 49.0 Å². The zero-order valence-electron chi connectivity index (χ0n) is 16.3. The SMILES string of the molecule is Cc1noc(C)c1CN1CCCC2(CCN(S(=O)(=O)c3cccc(F)c3)C2)C1. The van der Waals surface area contributed by atoms with Gasteiger partial charge in [-0.25, -0.2) is 12.8 Å². The Morgan fingerprint density at radius 2 is 2.04 bits per heavy atom. The van der Waals surface area contributed by atoms with Crippen molar-refractivity contribution < 1.29 is 17.3 Å². The minimum Gasteiger partial charge on any atom is -0.361 e. The molecular weight excluding hydrogens is 381 g/mol. The highest BCUT2D eigenvalue weighted by molar-refractivity contribution is 7.89. The Morgan fingerprint density at radius 1 is 1.21 bits per heavy atom. The summed E-state index contributed by atoms with van der Waals surface area (Å²) in [4.78, 5) is 2.42. The van der Waals surface area contributed by atoms with Gasteiger partial charge in [0.2, 0.25) is 10.0 Å². The largest absolute Gasteiger partial charge is 0.361 e. The van der Waals surface area contributed by atoms with E-state index in [1.165, 1.54) is 22.5 Å². The van der Waals surface area contributed by atoms with E-state index in [-0.39, 0.29) is 10.3 Å². The maximum absolute atomic E-state index is 13.5. The van der Waals surface area contributed by atoms with E-state index in [1.807, 2.05) is 13.8 Å². The van der Waals surface area contributed by atoms with E-state index >= 15 is 0 Å². The quantitative estimate of drug-likeness (QED) is 0.779. The molecule has 1 spiro atoms. The molecule has 0 bridgehead atoms. The second-order valence-corrected chi connectivity index (χ2v) is 10.1. The Kier molecular flexibility index (Phi) is 5.05. The Hall–Kier alpha value is -1.77. The minimum absolute atomic E-state index is 0.0351. The summed E-state index contributed by atoms with van der Waals surface area (Å²) < 4.78 is 46.3. The first-order valence-electron chi connectivity index (χ1n) is 9.69. The molecule has 1 aromatic carbocycles. The number of hydrogen-bond acceptors (Lipinski definition) is 5. The molecule has 2 aromatic rings. The fourth-order valence-electron chi connectivity index (χ4n) is 4.61. The number of hydrogen-bond donors (Lipinski definition) is 0. The van der Waals surface area contributed by atoms with E-state index in [4.69, 9.17) is 4.52 Å². The summed E-state index contributed by atoms with van der Waals surface area (Å²) >= 11 is 0. The van der Waals surface area contributed by atoms with Crippen molar-refractivity contribution in [2.75, 3.05) is 26.2 Å². The average molecular weight is 408 g/mol. The van der Waals surface area contributed by atoms with Gasteiger partial charge in [0.25, 0.3) is 0 Å². The molecule has 1 unspecified atom stereocenters. The average Bonchev–Trinajstić information content (AvgIpc) is 3.21. The van der Waals surface area contributed by atoms with Gasteiger partial charge in [-0.05, 0) is 63.3 Å². The summed E-state index contributed by atoms with van der Waals surface area (Å²) in [5.74, 6) is 0.317. The van der Waals surface area contributed by atoms with Crippen LogP contribution in [0.15, 0.2) is 33.7 Å². The predicted molar refractivity (Wildman–Crippen MR) is 103 cm³/mol. The number of aryl methyl sites for hydroxylation is 2. The summed E-state index contributed by atoms with van der Waals surface area (Å²) in [6.07, 6.45) is 2.89.